The van der Waals surface area contributed by atoms with Crippen molar-refractivity contribution in [1.82, 2.24) is 9.58 Å². The molecule has 0 radical (unpaired) electrons. The van der Waals surface area contributed by atoms with Gasteiger partial charge in [0.15, 0.2) is 11.4 Å². The number of aromatic nitrogens is 1. The van der Waals surface area contributed by atoms with Crippen LogP contribution in [0.1, 0.15) is 59.6 Å². The highest BCUT2D eigenvalue weighted by Crippen LogP contribution is 2.44. The van der Waals surface area contributed by atoms with Crippen LogP contribution >= 0.6 is 11.8 Å². The van der Waals surface area contributed by atoms with Crippen molar-refractivity contribution < 1.29 is 27.8 Å². The first-order valence-electron chi connectivity index (χ1n) is 12.6. The minimum absolute atomic E-state index is 0.0829. The fraction of sp³-hybridized carbons (Fsp3) is 0.357. The zero-order chi connectivity index (χ0) is 28.1. The molecule has 11 heteroatoms. The van der Waals surface area contributed by atoms with Crippen LogP contribution in [0.4, 0.5) is 13.2 Å². The molecule has 3 atom stereocenters. The van der Waals surface area contributed by atoms with E-state index in [0.717, 1.165) is 23.8 Å². The Balaban J connectivity index is 1.44. The molecule has 0 saturated heterocycles. The lowest BCUT2D eigenvalue weighted by atomic mass is 9.89. The number of carbonyl (C=O) groups excluding carboxylic acids is 1. The molecule has 3 aromatic rings. The number of alkyl halides is 3. The van der Waals surface area contributed by atoms with Gasteiger partial charge in [-0.3, -0.25) is 14.3 Å². The quantitative estimate of drug-likeness (QED) is 0.446. The van der Waals surface area contributed by atoms with Crippen molar-refractivity contribution in [1.29, 1.82) is 0 Å². The lowest BCUT2D eigenvalue weighted by Gasteiger charge is -2.37. The van der Waals surface area contributed by atoms with E-state index in [1.165, 1.54) is 21.2 Å². The van der Waals surface area contributed by atoms with Gasteiger partial charge >= 0.3 is 6.18 Å². The smallest absolute Gasteiger partial charge is 0.408 e. The molecule has 0 spiro atoms. The molecule has 1 aromatic heterocycles. The Hall–Kier alpha value is -3.60. The number of aromatic hydroxyl groups is 1. The minimum atomic E-state index is -4.67. The number of hydrogen-bond acceptors (Lipinski definition) is 6. The number of nitrogens with zero attached hydrogens (tertiary/aromatic N) is 2. The van der Waals surface area contributed by atoms with Gasteiger partial charge < -0.3 is 20.2 Å². The van der Waals surface area contributed by atoms with Gasteiger partial charge in [0.2, 0.25) is 5.43 Å². The molecule has 2 aromatic carbocycles. The van der Waals surface area contributed by atoms with E-state index in [1.54, 1.807) is 11.8 Å². The Kier molecular flexibility index (Phi) is 7.04. The van der Waals surface area contributed by atoms with Crippen LogP contribution in [0.2, 0.25) is 0 Å². The fourth-order valence-electron chi connectivity index (χ4n) is 5.17. The monoisotopic (exact) mass is 559 g/mol. The predicted octanol–water partition coefficient (Wildman–Crippen LogP) is 5.23. The molecule has 1 unspecified atom stereocenters. The van der Waals surface area contributed by atoms with Crippen molar-refractivity contribution in [3.8, 4) is 11.5 Å². The molecular weight excluding hydrogens is 531 g/mol. The van der Waals surface area contributed by atoms with Crippen LogP contribution in [-0.2, 0) is 12.2 Å². The highest BCUT2D eigenvalue weighted by molar-refractivity contribution is 7.98. The number of fused-ring (bicyclic) bond motifs is 3. The van der Waals surface area contributed by atoms with Crippen LogP contribution < -0.4 is 15.6 Å². The van der Waals surface area contributed by atoms with E-state index in [1.807, 2.05) is 31.2 Å². The van der Waals surface area contributed by atoms with Crippen LogP contribution in [-0.4, -0.2) is 45.6 Å². The minimum Gasteiger partial charge on any atom is -0.502 e. The van der Waals surface area contributed by atoms with E-state index in [9.17, 15) is 27.9 Å². The van der Waals surface area contributed by atoms with E-state index < -0.39 is 47.8 Å². The van der Waals surface area contributed by atoms with Crippen LogP contribution in [0.3, 0.4) is 0 Å². The van der Waals surface area contributed by atoms with Gasteiger partial charge in [-0.1, -0.05) is 37.3 Å². The van der Waals surface area contributed by atoms with Gasteiger partial charge in [0, 0.05) is 40.3 Å². The summed E-state index contributed by atoms with van der Waals surface area (Å²) in [6.45, 7) is 4.36. The van der Waals surface area contributed by atoms with Gasteiger partial charge in [-0.25, -0.2) is 0 Å². The molecule has 39 heavy (non-hydrogen) atoms. The summed E-state index contributed by atoms with van der Waals surface area (Å²) in [5.74, 6) is -0.398. The molecule has 2 aliphatic heterocycles. The highest BCUT2D eigenvalue weighted by Gasteiger charge is 2.45. The molecule has 5 rings (SSSR count). The topological polar surface area (TPSA) is 83.8 Å². The lowest BCUT2D eigenvalue weighted by molar-refractivity contribution is -0.172. The summed E-state index contributed by atoms with van der Waals surface area (Å²) in [6, 6.07) is 13.3. The number of ether oxygens (including phenoxy) is 1. The Morgan fingerprint density at radius 3 is 2.64 bits per heavy atom. The van der Waals surface area contributed by atoms with Gasteiger partial charge in [0.25, 0.3) is 5.91 Å². The molecule has 2 aliphatic rings. The summed E-state index contributed by atoms with van der Waals surface area (Å²) in [5.41, 5.74) is 5.13. The van der Waals surface area contributed by atoms with Crippen molar-refractivity contribution >= 4 is 17.7 Å². The van der Waals surface area contributed by atoms with Gasteiger partial charge in [-0.2, -0.15) is 13.2 Å². The fourth-order valence-corrected chi connectivity index (χ4v) is 6.31. The van der Waals surface area contributed by atoms with E-state index in [-0.39, 0.29) is 12.3 Å². The molecular formula is C28H28F3N3O4S. The summed E-state index contributed by atoms with van der Waals surface area (Å²) in [4.78, 5) is 27.3. The highest BCUT2D eigenvalue weighted by atomic mass is 32.2. The zero-order valence-corrected chi connectivity index (χ0v) is 22.4. The van der Waals surface area contributed by atoms with Crippen molar-refractivity contribution in [2.75, 3.05) is 12.1 Å². The molecule has 1 amide bonds. The average molecular weight is 560 g/mol. The second-order valence-electron chi connectivity index (χ2n) is 9.85. The molecule has 3 heterocycles. The summed E-state index contributed by atoms with van der Waals surface area (Å²) < 4.78 is 47.5. The van der Waals surface area contributed by atoms with Gasteiger partial charge in [0.05, 0.1) is 0 Å². The number of hydrogen-bond donors (Lipinski definition) is 2. The van der Waals surface area contributed by atoms with E-state index >= 15 is 0 Å². The second kappa shape index (κ2) is 10.2. The van der Waals surface area contributed by atoms with Crippen molar-refractivity contribution in [2.45, 2.75) is 62.1 Å². The Bertz CT molecular complexity index is 1490. The van der Waals surface area contributed by atoms with E-state index in [2.05, 4.69) is 30.5 Å². The van der Waals surface area contributed by atoms with Gasteiger partial charge in [-0.05, 0) is 37.1 Å². The summed E-state index contributed by atoms with van der Waals surface area (Å²) in [6.07, 6.45) is -4.99. The number of pyridine rings is 1. The third kappa shape index (κ3) is 4.95. The number of carbonyl (C=O) groups is 1. The van der Waals surface area contributed by atoms with Crippen LogP contribution in [0.15, 0.2) is 58.2 Å². The molecule has 7 nitrogen and oxygen atoms in total. The SMILES string of the molecule is CC(Cc1cc(=O)c(O)c2n1NCN([C@H](C)C(F)(F)F)C2=O)Oc1cccc2c1[C@H](C)c1ccccc1SC2. The predicted molar refractivity (Wildman–Crippen MR) is 142 cm³/mol. The maximum absolute atomic E-state index is 13.3. The number of benzene rings is 2. The number of amides is 1. The number of rotatable bonds is 5. The van der Waals surface area contributed by atoms with Gasteiger partial charge in [0.1, 0.15) is 24.6 Å². The molecule has 0 bridgehead atoms. The first kappa shape index (κ1) is 27.0. The summed E-state index contributed by atoms with van der Waals surface area (Å²) in [7, 11) is 0. The van der Waals surface area contributed by atoms with Crippen molar-refractivity contribution in [2.24, 2.45) is 0 Å². The first-order valence-corrected chi connectivity index (χ1v) is 13.6. The summed E-state index contributed by atoms with van der Waals surface area (Å²) in [5, 5.41) is 10.3. The van der Waals surface area contributed by atoms with E-state index in [4.69, 9.17) is 4.74 Å². The van der Waals surface area contributed by atoms with Crippen molar-refractivity contribution in [3.63, 3.8) is 0 Å². The molecule has 0 saturated carbocycles. The van der Waals surface area contributed by atoms with Gasteiger partial charge in [-0.15, -0.1) is 11.8 Å². The summed E-state index contributed by atoms with van der Waals surface area (Å²) >= 11 is 1.78. The number of thioether (sulfide) groups is 1. The molecule has 0 fully saturated rings. The Morgan fingerprint density at radius 2 is 1.90 bits per heavy atom. The third-order valence-electron chi connectivity index (χ3n) is 7.25. The number of nitrogens with one attached hydrogen (secondary N) is 1. The Labute approximate surface area is 227 Å². The van der Waals surface area contributed by atoms with E-state index in [0.29, 0.717) is 16.3 Å². The largest absolute Gasteiger partial charge is 0.502 e. The Morgan fingerprint density at radius 1 is 1.15 bits per heavy atom. The standard InChI is InChI=1S/C28H28F3N3O4S/c1-15(38-22-9-6-7-18-13-39-23-10-5-4-8-20(23)16(2)24(18)22)11-19-12-21(35)26(36)25-27(37)33(14-32-34(19)25)17(3)28(29,30)31/h4-10,12,15-17,32,36H,11,13-14H2,1-3H3/t15?,16-,17-/m1/s1. The molecule has 0 aliphatic carbocycles. The maximum Gasteiger partial charge on any atom is 0.408 e. The molecule has 206 valence electrons. The second-order valence-corrected chi connectivity index (χ2v) is 10.9. The maximum atomic E-state index is 13.3. The average Bonchev–Trinajstić information content (AvgIpc) is 3.03. The number of halogens is 3. The van der Waals surface area contributed by atoms with Crippen molar-refractivity contribution in [3.05, 3.63) is 86.8 Å². The van der Waals surface area contributed by atoms with Crippen LogP contribution in [0.25, 0.3) is 0 Å². The normalized spacial score (nSPS) is 18.3. The van der Waals surface area contributed by atoms with Crippen LogP contribution in [0.5, 0.6) is 11.5 Å². The zero-order valence-electron chi connectivity index (χ0n) is 21.6. The third-order valence-corrected chi connectivity index (χ3v) is 8.39. The lowest BCUT2D eigenvalue weighted by Crippen LogP contribution is -2.55. The molecule has 2 N–H and O–H groups in total. The first-order chi connectivity index (χ1) is 18.5. The van der Waals surface area contributed by atoms with Crippen LogP contribution in [0, 0.1) is 0 Å².